The van der Waals surface area contributed by atoms with E-state index in [2.05, 4.69) is 78.3 Å². The van der Waals surface area contributed by atoms with Crippen molar-refractivity contribution in [3.63, 3.8) is 0 Å². The average molecular weight is 454 g/mol. The van der Waals surface area contributed by atoms with Crippen LogP contribution in [0.3, 0.4) is 0 Å². The van der Waals surface area contributed by atoms with Crippen LogP contribution < -0.4 is 14.5 Å². The molecule has 2 atom stereocenters. The summed E-state index contributed by atoms with van der Waals surface area (Å²) >= 11 is 0. The molecule has 0 unspecified atom stereocenters. The number of rotatable bonds is 4. The van der Waals surface area contributed by atoms with Gasteiger partial charge in [-0.15, -0.1) is 0 Å². The quantitative estimate of drug-likeness (QED) is 0.515. The van der Waals surface area contributed by atoms with Crippen LogP contribution in [-0.2, 0) is 0 Å². The molecule has 174 valence electrons. The van der Waals surface area contributed by atoms with Crippen LogP contribution in [0.25, 0.3) is 6.08 Å². The third-order valence-corrected chi connectivity index (χ3v) is 6.82. The van der Waals surface area contributed by atoms with E-state index in [0.29, 0.717) is 0 Å². The molecule has 5 rings (SSSR count). The van der Waals surface area contributed by atoms with Gasteiger partial charge in [-0.05, 0) is 61.9 Å². The molecule has 0 spiro atoms. The lowest BCUT2D eigenvalue weighted by Crippen LogP contribution is -2.58. The van der Waals surface area contributed by atoms with Crippen LogP contribution in [0.2, 0.25) is 0 Å². The monoisotopic (exact) mass is 453 g/mol. The Balaban J connectivity index is 1.33. The number of benzene rings is 3. The molecule has 5 nitrogen and oxygen atoms in total. The number of hydrogen-bond donors (Lipinski definition) is 0. The first-order chi connectivity index (χ1) is 16.6. The number of carbonyl (C=O) groups is 1. The van der Waals surface area contributed by atoms with Gasteiger partial charge >= 0.3 is 0 Å². The Kier molecular flexibility index (Phi) is 6.01. The SMILES string of the molecule is COc1ccccc1N1C[C@@H](C)N(C(=O)c2ccc(N3CC=Cc4ccccc43)cc2)[C@@H](C)C1. The van der Waals surface area contributed by atoms with Gasteiger partial charge in [-0.25, -0.2) is 0 Å². The van der Waals surface area contributed by atoms with Gasteiger partial charge in [0.1, 0.15) is 5.75 Å². The smallest absolute Gasteiger partial charge is 0.254 e. The molecule has 0 N–H and O–H groups in total. The molecular weight excluding hydrogens is 422 g/mol. The van der Waals surface area contributed by atoms with E-state index in [-0.39, 0.29) is 18.0 Å². The molecule has 5 heteroatoms. The predicted octanol–water partition coefficient (Wildman–Crippen LogP) is 5.60. The normalized spacial score (nSPS) is 19.7. The Morgan fingerprint density at radius 1 is 0.853 bits per heavy atom. The number of anilines is 3. The van der Waals surface area contributed by atoms with E-state index in [9.17, 15) is 4.79 Å². The predicted molar refractivity (Wildman–Crippen MR) is 139 cm³/mol. The fraction of sp³-hybridized carbons (Fsp3) is 0.276. The molecule has 3 aromatic rings. The number of ether oxygens (including phenoxy) is 1. The Bertz CT molecular complexity index is 1190. The molecule has 2 aliphatic heterocycles. The van der Waals surface area contributed by atoms with Crippen molar-refractivity contribution in [3.05, 3.63) is 90.0 Å². The summed E-state index contributed by atoms with van der Waals surface area (Å²) in [6.07, 6.45) is 4.34. The maximum Gasteiger partial charge on any atom is 0.254 e. The molecule has 3 aromatic carbocycles. The van der Waals surface area contributed by atoms with Gasteiger partial charge in [-0.2, -0.15) is 0 Å². The summed E-state index contributed by atoms with van der Waals surface area (Å²) in [6, 6.07) is 24.7. The standard InChI is InChI=1S/C29H31N3O2/c1-21-19-30(27-12-6-7-13-28(27)34-3)20-22(2)32(21)29(33)24-14-16-25(17-15-24)31-18-8-10-23-9-4-5-11-26(23)31/h4-17,21-22H,18-20H2,1-3H3/t21-,22+. The van der Waals surface area contributed by atoms with E-state index in [0.717, 1.165) is 42.3 Å². The van der Waals surface area contributed by atoms with Crippen LogP contribution in [0.5, 0.6) is 5.75 Å². The third-order valence-electron chi connectivity index (χ3n) is 6.82. The summed E-state index contributed by atoms with van der Waals surface area (Å²) in [7, 11) is 1.70. The van der Waals surface area contributed by atoms with E-state index in [1.807, 2.05) is 35.2 Å². The molecule has 0 aliphatic carbocycles. The zero-order chi connectivity index (χ0) is 23.7. The van der Waals surface area contributed by atoms with Crippen LogP contribution in [0.4, 0.5) is 17.1 Å². The van der Waals surface area contributed by atoms with Crippen molar-refractivity contribution in [1.29, 1.82) is 0 Å². The van der Waals surface area contributed by atoms with Gasteiger partial charge in [0, 0.05) is 48.7 Å². The highest BCUT2D eigenvalue weighted by Gasteiger charge is 2.34. The number of para-hydroxylation sites is 3. The summed E-state index contributed by atoms with van der Waals surface area (Å²) in [5.41, 5.74) is 5.31. The molecule has 2 aliphatic rings. The van der Waals surface area contributed by atoms with Crippen LogP contribution in [0.15, 0.2) is 78.9 Å². The van der Waals surface area contributed by atoms with Crippen LogP contribution in [-0.4, -0.2) is 49.6 Å². The van der Waals surface area contributed by atoms with Gasteiger partial charge in [0.05, 0.1) is 12.8 Å². The first-order valence-corrected chi connectivity index (χ1v) is 11.9. The Morgan fingerprint density at radius 3 is 2.21 bits per heavy atom. The third kappa shape index (κ3) is 4.03. The van der Waals surface area contributed by atoms with E-state index in [1.54, 1.807) is 7.11 Å². The molecule has 34 heavy (non-hydrogen) atoms. The lowest BCUT2D eigenvalue weighted by molar-refractivity contribution is 0.0574. The Labute approximate surface area is 201 Å². The van der Waals surface area contributed by atoms with Gasteiger partial charge < -0.3 is 19.4 Å². The van der Waals surface area contributed by atoms with Gasteiger partial charge in [0.25, 0.3) is 5.91 Å². The van der Waals surface area contributed by atoms with E-state index in [4.69, 9.17) is 4.74 Å². The molecule has 1 amide bonds. The molecule has 0 saturated carbocycles. The molecule has 1 fully saturated rings. The molecule has 0 radical (unpaired) electrons. The summed E-state index contributed by atoms with van der Waals surface area (Å²) < 4.78 is 5.57. The maximum absolute atomic E-state index is 13.5. The van der Waals surface area contributed by atoms with E-state index in [1.165, 1.54) is 11.3 Å². The van der Waals surface area contributed by atoms with Gasteiger partial charge in [0.15, 0.2) is 0 Å². The second-order valence-corrected chi connectivity index (χ2v) is 9.11. The zero-order valence-corrected chi connectivity index (χ0v) is 20.0. The van der Waals surface area contributed by atoms with Crippen molar-refractivity contribution in [2.45, 2.75) is 25.9 Å². The van der Waals surface area contributed by atoms with Crippen LogP contribution in [0.1, 0.15) is 29.8 Å². The summed E-state index contributed by atoms with van der Waals surface area (Å²) in [6.45, 7) is 6.61. The highest BCUT2D eigenvalue weighted by atomic mass is 16.5. The zero-order valence-electron chi connectivity index (χ0n) is 20.0. The summed E-state index contributed by atoms with van der Waals surface area (Å²) in [4.78, 5) is 20.2. The largest absolute Gasteiger partial charge is 0.495 e. The highest BCUT2D eigenvalue weighted by molar-refractivity contribution is 5.95. The molecule has 0 aromatic heterocycles. The second kappa shape index (κ2) is 9.26. The van der Waals surface area contributed by atoms with Crippen LogP contribution in [0, 0.1) is 0 Å². The number of hydrogen-bond acceptors (Lipinski definition) is 4. The minimum Gasteiger partial charge on any atom is -0.495 e. The number of carbonyl (C=O) groups excluding carboxylic acids is 1. The minimum atomic E-state index is 0.0833. The van der Waals surface area contributed by atoms with Crippen molar-refractivity contribution in [2.24, 2.45) is 0 Å². The van der Waals surface area contributed by atoms with Gasteiger partial charge in [0.2, 0.25) is 0 Å². The van der Waals surface area contributed by atoms with Crippen molar-refractivity contribution < 1.29 is 9.53 Å². The number of methoxy groups -OCH3 is 1. The summed E-state index contributed by atoms with van der Waals surface area (Å²) in [5, 5.41) is 0. The Morgan fingerprint density at radius 2 is 1.50 bits per heavy atom. The highest BCUT2D eigenvalue weighted by Crippen LogP contribution is 2.34. The maximum atomic E-state index is 13.5. The average Bonchev–Trinajstić information content (AvgIpc) is 2.88. The molecule has 2 heterocycles. The van der Waals surface area contributed by atoms with Crippen LogP contribution >= 0.6 is 0 Å². The van der Waals surface area contributed by atoms with Crippen molar-refractivity contribution >= 4 is 29.0 Å². The van der Waals surface area contributed by atoms with Gasteiger partial charge in [-0.1, -0.05) is 42.5 Å². The van der Waals surface area contributed by atoms with Crippen molar-refractivity contribution in [1.82, 2.24) is 4.90 Å². The fourth-order valence-electron chi connectivity index (χ4n) is 5.25. The lowest BCUT2D eigenvalue weighted by Gasteiger charge is -2.45. The molecular formula is C29H31N3O2. The van der Waals surface area contributed by atoms with E-state index < -0.39 is 0 Å². The van der Waals surface area contributed by atoms with E-state index >= 15 is 0 Å². The number of fused-ring (bicyclic) bond motifs is 1. The fourth-order valence-corrected chi connectivity index (χ4v) is 5.25. The number of piperazine rings is 1. The topological polar surface area (TPSA) is 36.0 Å². The first kappa shape index (κ1) is 22.1. The number of nitrogens with zero attached hydrogens (tertiary/aromatic N) is 3. The minimum absolute atomic E-state index is 0.0833. The van der Waals surface area contributed by atoms with Crippen molar-refractivity contribution in [2.75, 3.05) is 36.5 Å². The molecule has 1 saturated heterocycles. The Hall–Kier alpha value is -3.73. The number of amides is 1. The lowest BCUT2D eigenvalue weighted by atomic mass is 10.0. The first-order valence-electron chi connectivity index (χ1n) is 11.9. The molecule has 0 bridgehead atoms. The summed E-state index contributed by atoms with van der Waals surface area (Å²) in [5.74, 6) is 0.955. The second-order valence-electron chi connectivity index (χ2n) is 9.11. The van der Waals surface area contributed by atoms with Gasteiger partial charge in [-0.3, -0.25) is 4.79 Å². The van der Waals surface area contributed by atoms with Crippen molar-refractivity contribution in [3.8, 4) is 5.75 Å².